The van der Waals surface area contributed by atoms with Gasteiger partial charge in [0.1, 0.15) is 11.1 Å². The molecule has 2 aliphatic rings. The Morgan fingerprint density at radius 2 is 2.00 bits per heavy atom. The summed E-state index contributed by atoms with van der Waals surface area (Å²) in [6.07, 6.45) is 0.634. The first-order valence-electron chi connectivity index (χ1n) is 9.08. The highest BCUT2D eigenvalue weighted by molar-refractivity contribution is 9.10. The van der Waals surface area contributed by atoms with Crippen LogP contribution in [0.3, 0.4) is 0 Å². The third kappa shape index (κ3) is 3.25. The fraction of sp³-hybridized carbons (Fsp3) is 0.500. The summed E-state index contributed by atoms with van der Waals surface area (Å²) in [7, 11) is 0. The van der Waals surface area contributed by atoms with Crippen molar-refractivity contribution >= 4 is 27.9 Å². The van der Waals surface area contributed by atoms with Crippen molar-refractivity contribution < 1.29 is 14.3 Å². The molecule has 2 aliphatic heterocycles. The highest BCUT2D eigenvalue weighted by Crippen LogP contribution is 2.36. The topological polar surface area (TPSA) is 102 Å². The minimum Gasteiger partial charge on any atom is -0.444 e. The van der Waals surface area contributed by atoms with Crippen LogP contribution in [0, 0.1) is 0 Å². The number of tetrazole rings is 1. The normalized spacial score (nSPS) is 18.1. The second-order valence-electron chi connectivity index (χ2n) is 8.08. The Morgan fingerprint density at radius 3 is 2.68 bits per heavy atom. The zero-order valence-corrected chi connectivity index (χ0v) is 17.5. The van der Waals surface area contributed by atoms with Gasteiger partial charge in [0.25, 0.3) is 5.91 Å². The number of rotatable bonds is 0. The van der Waals surface area contributed by atoms with E-state index in [0.29, 0.717) is 43.0 Å². The molecule has 10 heteroatoms. The van der Waals surface area contributed by atoms with Crippen LogP contribution < -0.4 is 5.32 Å². The monoisotopic (exact) mass is 448 g/mol. The maximum atomic E-state index is 13.0. The van der Waals surface area contributed by atoms with Crippen molar-refractivity contribution in [1.29, 1.82) is 0 Å². The number of aromatic nitrogens is 4. The van der Waals surface area contributed by atoms with Gasteiger partial charge in [-0.3, -0.25) is 4.79 Å². The van der Waals surface area contributed by atoms with Crippen molar-refractivity contribution in [3.8, 4) is 5.69 Å². The number of amides is 2. The molecule has 0 bridgehead atoms. The van der Waals surface area contributed by atoms with Gasteiger partial charge in [0.2, 0.25) is 0 Å². The average Bonchev–Trinajstić information content (AvgIpc) is 3.08. The second kappa shape index (κ2) is 6.54. The summed E-state index contributed by atoms with van der Waals surface area (Å²) in [5, 5.41) is 15.3. The van der Waals surface area contributed by atoms with Crippen LogP contribution in [-0.2, 0) is 10.3 Å². The Hall–Kier alpha value is -2.49. The summed E-state index contributed by atoms with van der Waals surface area (Å²) < 4.78 is 7.88. The number of likely N-dealkylation sites (tertiary alicyclic amines) is 1. The molecule has 1 N–H and O–H groups in total. The Kier molecular flexibility index (Phi) is 4.40. The summed E-state index contributed by atoms with van der Waals surface area (Å²) in [5.41, 5.74) is -0.173. The maximum absolute atomic E-state index is 13.0. The first kappa shape index (κ1) is 18.9. The van der Waals surface area contributed by atoms with E-state index < -0.39 is 11.1 Å². The number of nitrogens with one attached hydrogen (secondary N) is 1. The number of benzene rings is 1. The lowest BCUT2D eigenvalue weighted by molar-refractivity contribution is 0.0139. The number of fused-ring (bicyclic) bond motifs is 4. The minimum atomic E-state index is -0.745. The van der Waals surface area contributed by atoms with E-state index in [2.05, 4.69) is 36.8 Å². The molecule has 0 saturated carbocycles. The van der Waals surface area contributed by atoms with E-state index in [9.17, 15) is 9.59 Å². The number of hydrogen-bond acceptors (Lipinski definition) is 6. The van der Waals surface area contributed by atoms with Crippen LogP contribution in [-0.4, -0.2) is 55.8 Å². The number of nitrogens with zero attached hydrogens (tertiary/aromatic N) is 5. The van der Waals surface area contributed by atoms with Crippen LogP contribution >= 0.6 is 15.9 Å². The van der Waals surface area contributed by atoms with Gasteiger partial charge in [-0.2, -0.15) is 4.68 Å². The molecular formula is C18H21BrN6O3. The van der Waals surface area contributed by atoms with Crippen LogP contribution in [0.5, 0.6) is 0 Å². The van der Waals surface area contributed by atoms with Crippen molar-refractivity contribution in [3.63, 3.8) is 0 Å². The molecule has 4 rings (SSSR count). The van der Waals surface area contributed by atoms with Crippen LogP contribution in [0.1, 0.15) is 49.8 Å². The van der Waals surface area contributed by atoms with Crippen molar-refractivity contribution in [3.05, 3.63) is 34.1 Å². The van der Waals surface area contributed by atoms with Crippen molar-refractivity contribution in [2.24, 2.45) is 0 Å². The Labute approximate surface area is 170 Å². The Morgan fingerprint density at radius 1 is 1.29 bits per heavy atom. The first-order valence-corrected chi connectivity index (χ1v) is 9.87. The largest absolute Gasteiger partial charge is 0.444 e. The molecule has 9 nitrogen and oxygen atoms in total. The summed E-state index contributed by atoms with van der Waals surface area (Å²) >= 11 is 3.41. The van der Waals surface area contributed by atoms with Gasteiger partial charge >= 0.3 is 6.09 Å². The molecule has 0 atom stereocenters. The molecule has 0 unspecified atom stereocenters. The van der Waals surface area contributed by atoms with E-state index in [0.717, 1.165) is 4.47 Å². The third-order valence-corrected chi connectivity index (χ3v) is 5.44. The minimum absolute atomic E-state index is 0.200. The van der Waals surface area contributed by atoms with Crippen molar-refractivity contribution in [2.45, 2.75) is 44.8 Å². The predicted octanol–water partition coefficient (Wildman–Crippen LogP) is 2.39. The molecule has 0 radical (unpaired) electrons. The Balaban J connectivity index is 1.64. The zero-order chi connectivity index (χ0) is 20.1. The molecule has 1 aromatic carbocycles. The molecule has 1 saturated heterocycles. The van der Waals surface area contributed by atoms with E-state index >= 15 is 0 Å². The lowest BCUT2D eigenvalue weighted by atomic mass is 9.86. The van der Waals surface area contributed by atoms with Gasteiger partial charge in [0.05, 0.1) is 11.3 Å². The standard InChI is InChI=1S/C18H21BrN6O3/c1-17(2,3)28-16(27)24-8-6-18(7-9-24)15-21-22-23-25(15)13-5-4-11(19)10-12(13)14(26)20-18/h4-5,10H,6-9H2,1-3H3,(H,20,26). The number of piperidine rings is 1. The van der Waals surface area contributed by atoms with Crippen LogP contribution in [0.2, 0.25) is 0 Å². The van der Waals surface area contributed by atoms with Gasteiger partial charge in [0, 0.05) is 17.6 Å². The zero-order valence-electron chi connectivity index (χ0n) is 15.9. The number of carbonyl (C=O) groups excluding carboxylic acids is 2. The summed E-state index contributed by atoms with van der Waals surface area (Å²) in [6.45, 7) is 6.38. The lowest BCUT2D eigenvalue weighted by Gasteiger charge is -2.40. The summed E-state index contributed by atoms with van der Waals surface area (Å²) in [5.74, 6) is 0.375. The molecule has 2 amide bonds. The average molecular weight is 449 g/mol. The van der Waals surface area contributed by atoms with E-state index in [1.807, 2.05) is 32.9 Å². The first-order chi connectivity index (χ1) is 13.2. The fourth-order valence-corrected chi connectivity index (χ4v) is 3.97. The summed E-state index contributed by atoms with van der Waals surface area (Å²) in [4.78, 5) is 27.0. The van der Waals surface area contributed by atoms with Gasteiger partial charge in [-0.15, -0.1) is 5.10 Å². The molecular weight excluding hydrogens is 428 g/mol. The van der Waals surface area contributed by atoms with Crippen LogP contribution in [0.4, 0.5) is 4.79 Å². The lowest BCUT2D eigenvalue weighted by Crippen LogP contribution is -2.54. The molecule has 148 valence electrons. The molecule has 28 heavy (non-hydrogen) atoms. The van der Waals surface area contributed by atoms with Gasteiger partial charge in [-0.25, -0.2) is 4.79 Å². The third-order valence-electron chi connectivity index (χ3n) is 4.95. The maximum Gasteiger partial charge on any atom is 0.410 e. The van der Waals surface area contributed by atoms with E-state index in [1.54, 1.807) is 15.6 Å². The highest BCUT2D eigenvalue weighted by Gasteiger charge is 2.46. The highest BCUT2D eigenvalue weighted by atomic mass is 79.9. The number of carbonyl (C=O) groups is 2. The van der Waals surface area contributed by atoms with Gasteiger partial charge in [-0.1, -0.05) is 15.9 Å². The quantitative estimate of drug-likeness (QED) is 0.663. The van der Waals surface area contributed by atoms with Crippen LogP contribution in [0.25, 0.3) is 5.69 Å². The summed E-state index contributed by atoms with van der Waals surface area (Å²) in [6, 6.07) is 5.42. The number of hydrogen-bond donors (Lipinski definition) is 1. The Bertz CT molecular complexity index is 943. The molecule has 1 aromatic heterocycles. The van der Waals surface area contributed by atoms with Crippen molar-refractivity contribution in [1.82, 2.24) is 30.4 Å². The van der Waals surface area contributed by atoms with E-state index in [4.69, 9.17) is 4.74 Å². The van der Waals surface area contributed by atoms with Gasteiger partial charge in [0.15, 0.2) is 5.82 Å². The van der Waals surface area contributed by atoms with E-state index in [1.165, 1.54) is 0 Å². The molecule has 2 aromatic rings. The SMILES string of the molecule is CC(C)(C)OC(=O)N1CCC2(CC1)NC(=O)c1cc(Br)ccc1-n1nnnc12. The molecule has 1 fully saturated rings. The number of halogens is 1. The smallest absolute Gasteiger partial charge is 0.410 e. The second-order valence-corrected chi connectivity index (χ2v) is 9.00. The van der Waals surface area contributed by atoms with Crippen molar-refractivity contribution in [2.75, 3.05) is 13.1 Å². The van der Waals surface area contributed by atoms with Crippen LogP contribution in [0.15, 0.2) is 22.7 Å². The fourth-order valence-electron chi connectivity index (χ4n) is 3.61. The molecule has 0 aliphatic carbocycles. The molecule has 1 spiro atoms. The molecule has 3 heterocycles. The van der Waals surface area contributed by atoms with Gasteiger partial charge in [-0.05, 0) is 62.2 Å². The van der Waals surface area contributed by atoms with Gasteiger partial charge < -0.3 is 15.0 Å². The van der Waals surface area contributed by atoms with E-state index in [-0.39, 0.29) is 12.0 Å². The predicted molar refractivity (Wildman–Crippen MR) is 103 cm³/mol. The number of ether oxygens (including phenoxy) is 1.